The van der Waals surface area contributed by atoms with Crippen LogP contribution in [0.1, 0.15) is 0 Å². The minimum absolute atomic E-state index is 0.683. The van der Waals surface area contributed by atoms with Gasteiger partial charge in [-0.05, 0) is 40.3 Å². The van der Waals surface area contributed by atoms with E-state index in [2.05, 4.69) is 144 Å². The number of para-hydroxylation sites is 1. The van der Waals surface area contributed by atoms with Crippen LogP contribution >= 0.6 is 11.3 Å². The van der Waals surface area contributed by atoms with Gasteiger partial charge in [-0.3, -0.25) is 4.90 Å². The van der Waals surface area contributed by atoms with Crippen LogP contribution in [0.2, 0.25) is 0 Å². The maximum Gasteiger partial charge on any atom is 0.235 e. The molecule has 3 nitrogen and oxygen atoms in total. The molecule has 0 saturated heterocycles. The molecule has 0 spiro atoms. The largest absolute Gasteiger partial charge is 0.278 e. The third-order valence-electron chi connectivity index (χ3n) is 8.23. The Morgan fingerprint density at radius 1 is 0.500 bits per heavy atom. The van der Waals surface area contributed by atoms with E-state index < -0.39 is 0 Å². The summed E-state index contributed by atoms with van der Waals surface area (Å²) in [5.74, 6) is 0.683. The first-order chi connectivity index (χ1) is 20.8. The zero-order valence-corrected chi connectivity index (χ0v) is 23.3. The van der Waals surface area contributed by atoms with Crippen molar-refractivity contribution in [3.05, 3.63) is 140 Å². The van der Waals surface area contributed by atoms with Gasteiger partial charge in [0.25, 0.3) is 0 Å². The van der Waals surface area contributed by atoms with E-state index in [0.717, 1.165) is 38.2 Å². The highest BCUT2D eigenvalue weighted by Gasteiger charge is 2.28. The number of thiophene rings is 1. The lowest BCUT2D eigenvalue weighted by molar-refractivity contribution is 1.12. The molecule has 0 saturated carbocycles. The van der Waals surface area contributed by atoms with Crippen LogP contribution in [0.5, 0.6) is 0 Å². The molecule has 1 aliphatic rings. The Morgan fingerprint density at radius 2 is 1.17 bits per heavy atom. The van der Waals surface area contributed by atoms with Crippen molar-refractivity contribution >= 4 is 59.7 Å². The molecule has 0 bridgehead atoms. The van der Waals surface area contributed by atoms with Crippen LogP contribution in [0.4, 0.5) is 17.3 Å². The van der Waals surface area contributed by atoms with Gasteiger partial charge in [0, 0.05) is 26.6 Å². The van der Waals surface area contributed by atoms with Gasteiger partial charge in [0.05, 0.1) is 27.3 Å². The van der Waals surface area contributed by atoms with Gasteiger partial charge in [-0.15, -0.1) is 11.3 Å². The van der Waals surface area contributed by atoms with Gasteiger partial charge in [-0.1, -0.05) is 121 Å². The van der Waals surface area contributed by atoms with Crippen molar-refractivity contribution in [2.75, 3.05) is 4.90 Å². The fourth-order valence-corrected chi connectivity index (χ4v) is 7.45. The van der Waals surface area contributed by atoms with Crippen molar-refractivity contribution in [3.63, 3.8) is 0 Å². The van der Waals surface area contributed by atoms with E-state index in [1.165, 1.54) is 37.7 Å². The van der Waals surface area contributed by atoms with Crippen LogP contribution in [0.3, 0.4) is 0 Å². The van der Waals surface area contributed by atoms with E-state index >= 15 is 0 Å². The van der Waals surface area contributed by atoms with Crippen LogP contribution in [0.25, 0.3) is 64.6 Å². The van der Waals surface area contributed by atoms with Crippen LogP contribution < -0.4 is 4.90 Å². The summed E-state index contributed by atoms with van der Waals surface area (Å²) in [5, 5.41) is 3.60. The molecular weight excluding hydrogens is 531 g/mol. The lowest BCUT2D eigenvalue weighted by atomic mass is 9.91. The van der Waals surface area contributed by atoms with Gasteiger partial charge in [-0.2, -0.15) is 0 Å². The summed E-state index contributed by atoms with van der Waals surface area (Å²) in [7, 11) is 0. The zero-order chi connectivity index (χ0) is 27.6. The Balaban J connectivity index is 1.32. The number of benzene rings is 6. The topological polar surface area (TPSA) is 29.0 Å². The molecule has 42 heavy (non-hydrogen) atoms. The SMILES string of the molecule is c1ccc(-c2ccc(-c3nc(N4c5ccccc5-c5cccc6cccc4c56)nc4c3sc3ccccc34)cc2)cc1. The van der Waals surface area contributed by atoms with Crippen molar-refractivity contribution < 1.29 is 0 Å². The maximum atomic E-state index is 5.38. The van der Waals surface area contributed by atoms with E-state index in [-0.39, 0.29) is 0 Å². The van der Waals surface area contributed by atoms with E-state index in [1.807, 2.05) is 0 Å². The molecule has 0 amide bonds. The molecule has 2 aromatic heterocycles. The van der Waals surface area contributed by atoms with E-state index in [1.54, 1.807) is 11.3 Å². The lowest BCUT2D eigenvalue weighted by Crippen LogP contribution is -2.17. The van der Waals surface area contributed by atoms with Crippen molar-refractivity contribution in [3.8, 4) is 33.5 Å². The average Bonchev–Trinajstić information content (AvgIpc) is 3.44. The maximum absolute atomic E-state index is 5.38. The molecule has 9 rings (SSSR count). The van der Waals surface area contributed by atoms with Crippen molar-refractivity contribution in [1.29, 1.82) is 0 Å². The second kappa shape index (κ2) is 9.10. The van der Waals surface area contributed by atoms with E-state index in [4.69, 9.17) is 9.97 Å². The smallest absolute Gasteiger partial charge is 0.235 e. The van der Waals surface area contributed by atoms with Crippen molar-refractivity contribution in [2.24, 2.45) is 0 Å². The summed E-state index contributed by atoms with van der Waals surface area (Å²) in [6, 6.07) is 49.5. The molecule has 0 unspecified atom stereocenters. The molecular formula is C38H23N3S. The number of hydrogen-bond donors (Lipinski definition) is 0. The number of anilines is 3. The number of rotatable bonds is 3. The Labute approximate surface area is 247 Å². The van der Waals surface area contributed by atoms with Crippen LogP contribution in [0.15, 0.2) is 140 Å². The summed E-state index contributed by atoms with van der Waals surface area (Å²) >= 11 is 1.76. The highest BCUT2D eigenvalue weighted by molar-refractivity contribution is 7.26. The molecule has 6 aromatic carbocycles. The zero-order valence-electron chi connectivity index (χ0n) is 22.5. The van der Waals surface area contributed by atoms with Crippen LogP contribution in [-0.2, 0) is 0 Å². The second-order valence-corrected chi connectivity index (χ2v) is 11.7. The Morgan fingerprint density at radius 3 is 2.05 bits per heavy atom. The van der Waals surface area contributed by atoms with E-state index in [9.17, 15) is 0 Å². The van der Waals surface area contributed by atoms with Gasteiger partial charge in [0.2, 0.25) is 5.95 Å². The third kappa shape index (κ3) is 3.46. The molecule has 0 N–H and O–H groups in total. The van der Waals surface area contributed by atoms with Gasteiger partial charge >= 0.3 is 0 Å². The first kappa shape index (κ1) is 23.4. The fraction of sp³-hybridized carbons (Fsp3) is 0. The normalized spacial score (nSPS) is 12.2. The van der Waals surface area contributed by atoms with Gasteiger partial charge in [-0.25, -0.2) is 9.97 Å². The predicted molar refractivity (Wildman–Crippen MR) is 177 cm³/mol. The standard InChI is InChI=1S/C38H23N3S/c1-2-10-24(11-3-1)25-20-22-27(23-21-25)35-37-36(30-15-5-7-19-33(30)42-37)40-38(39-35)41-31-17-6-4-14-28(31)29-16-8-12-26-13-9-18-32(41)34(26)29/h1-23H. The van der Waals surface area contributed by atoms with Crippen molar-refractivity contribution in [1.82, 2.24) is 9.97 Å². The van der Waals surface area contributed by atoms with Crippen LogP contribution in [-0.4, -0.2) is 9.97 Å². The molecule has 0 radical (unpaired) electrons. The molecule has 1 aliphatic heterocycles. The van der Waals surface area contributed by atoms with Crippen molar-refractivity contribution in [2.45, 2.75) is 0 Å². The summed E-state index contributed by atoms with van der Waals surface area (Å²) in [6.07, 6.45) is 0. The summed E-state index contributed by atoms with van der Waals surface area (Å²) < 4.78 is 2.32. The third-order valence-corrected chi connectivity index (χ3v) is 9.40. The van der Waals surface area contributed by atoms with Crippen LogP contribution in [0, 0.1) is 0 Å². The minimum atomic E-state index is 0.683. The first-order valence-electron chi connectivity index (χ1n) is 14.1. The van der Waals surface area contributed by atoms with Gasteiger partial charge < -0.3 is 0 Å². The number of fused-ring (bicyclic) bond motifs is 5. The minimum Gasteiger partial charge on any atom is -0.278 e. The summed E-state index contributed by atoms with van der Waals surface area (Å²) in [5.41, 5.74) is 10.1. The van der Waals surface area contributed by atoms with Gasteiger partial charge in [0.15, 0.2) is 0 Å². The molecule has 4 heteroatoms. The number of nitrogens with zero attached hydrogens (tertiary/aromatic N) is 3. The number of hydrogen-bond acceptors (Lipinski definition) is 4. The predicted octanol–water partition coefficient (Wildman–Crippen LogP) is 10.8. The highest BCUT2D eigenvalue weighted by atomic mass is 32.1. The fourth-order valence-electron chi connectivity index (χ4n) is 6.30. The number of aromatic nitrogens is 2. The summed E-state index contributed by atoms with van der Waals surface area (Å²) in [6.45, 7) is 0. The molecule has 196 valence electrons. The Bertz CT molecular complexity index is 2300. The summed E-state index contributed by atoms with van der Waals surface area (Å²) in [4.78, 5) is 12.9. The average molecular weight is 554 g/mol. The molecule has 0 aliphatic carbocycles. The highest BCUT2D eigenvalue weighted by Crippen LogP contribution is 2.51. The molecule has 0 fully saturated rings. The molecule has 3 heterocycles. The Hall–Kier alpha value is -5.32. The Kier molecular flexibility index (Phi) is 5.07. The van der Waals surface area contributed by atoms with Gasteiger partial charge in [0.1, 0.15) is 0 Å². The molecule has 0 atom stereocenters. The quantitative estimate of drug-likeness (QED) is 0.218. The first-order valence-corrected chi connectivity index (χ1v) is 14.9. The monoisotopic (exact) mass is 553 g/mol. The second-order valence-electron chi connectivity index (χ2n) is 10.6. The lowest BCUT2D eigenvalue weighted by Gasteiger charge is -2.32. The van der Waals surface area contributed by atoms with E-state index in [0.29, 0.717) is 5.95 Å². The molecule has 8 aromatic rings.